The molecule has 1 aromatic rings. The van der Waals surface area contributed by atoms with Crippen LogP contribution in [0.1, 0.15) is 0 Å². The van der Waals surface area contributed by atoms with Crippen LogP contribution < -0.4 is 5.73 Å². The number of nitrogen functional groups attached to an aromatic ring is 1. The van der Waals surface area contributed by atoms with E-state index in [9.17, 15) is 8.42 Å². The summed E-state index contributed by atoms with van der Waals surface area (Å²) in [6.07, 6.45) is 1.05. The standard InChI is InChI=1S/C4H8N4O2S/c1-8-4(11(2,9)10)6-3(5)7-8/h1-2H3,(H2,5,7). The molecule has 0 aromatic carbocycles. The molecule has 0 saturated heterocycles. The van der Waals surface area contributed by atoms with Crippen LogP contribution in [0.15, 0.2) is 5.16 Å². The molecule has 1 heterocycles. The molecule has 0 fully saturated rings. The van der Waals surface area contributed by atoms with Crippen LogP contribution in [0, 0.1) is 0 Å². The molecule has 0 radical (unpaired) electrons. The third-order valence-corrected chi connectivity index (χ3v) is 2.09. The zero-order valence-corrected chi connectivity index (χ0v) is 6.96. The quantitative estimate of drug-likeness (QED) is 0.580. The number of rotatable bonds is 1. The van der Waals surface area contributed by atoms with E-state index in [4.69, 9.17) is 5.73 Å². The van der Waals surface area contributed by atoms with Crippen molar-refractivity contribution in [2.45, 2.75) is 5.16 Å². The Labute approximate surface area is 64.0 Å². The molecule has 0 unspecified atom stereocenters. The van der Waals surface area contributed by atoms with Crippen LogP contribution in [0.4, 0.5) is 5.95 Å². The summed E-state index contributed by atoms with van der Waals surface area (Å²) in [4.78, 5) is 3.52. The van der Waals surface area contributed by atoms with E-state index in [-0.39, 0.29) is 11.1 Å². The van der Waals surface area contributed by atoms with Gasteiger partial charge in [-0.3, -0.25) is 0 Å². The van der Waals surface area contributed by atoms with Crippen molar-refractivity contribution in [3.05, 3.63) is 0 Å². The van der Waals surface area contributed by atoms with Crippen molar-refractivity contribution in [3.63, 3.8) is 0 Å². The Balaban J connectivity index is 3.36. The molecule has 0 saturated carbocycles. The van der Waals surface area contributed by atoms with Gasteiger partial charge in [0.2, 0.25) is 20.9 Å². The average Bonchev–Trinajstić information content (AvgIpc) is 2.08. The molecule has 7 heteroatoms. The van der Waals surface area contributed by atoms with Crippen molar-refractivity contribution in [1.82, 2.24) is 14.8 Å². The fourth-order valence-corrected chi connectivity index (χ4v) is 1.49. The van der Waals surface area contributed by atoms with Crippen LogP contribution in [-0.2, 0) is 16.9 Å². The minimum Gasteiger partial charge on any atom is -0.366 e. The summed E-state index contributed by atoms with van der Waals surface area (Å²) in [5, 5.41) is 3.47. The van der Waals surface area contributed by atoms with Gasteiger partial charge in [-0.25, -0.2) is 13.1 Å². The molecule has 11 heavy (non-hydrogen) atoms. The molecule has 1 rings (SSSR count). The molecule has 0 aliphatic heterocycles. The molecule has 0 atom stereocenters. The fraction of sp³-hybridized carbons (Fsp3) is 0.500. The maximum Gasteiger partial charge on any atom is 0.246 e. The van der Waals surface area contributed by atoms with Gasteiger partial charge in [0.1, 0.15) is 0 Å². The van der Waals surface area contributed by atoms with Gasteiger partial charge >= 0.3 is 0 Å². The van der Waals surface area contributed by atoms with Crippen molar-refractivity contribution >= 4 is 15.8 Å². The number of aromatic nitrogens is 3. The Kier molecular flexibility index (Phi) is 1.59. The summed E-state index contributed by atoms with van der Waals surface area (Å²) in [6, 6.07) is 0. The zero-order chi connectivity index (χ0) is 8.65. The zero-order valence-electron chi connectivity index (χ0n) is 6.14. The van der Waals surface area contributed by atoms with Crippen molar-refractivity contribution < 1.29 is 8.42 Å². The highest BCUT2D eigenvalue weighted by Gasteiger charge is 2.15. The van der Waals surface area contributed by atoms with Crippen LogP contribution in [0.25, 0.3) is 0 Å². The summed E-state index contributed by atoms with van der Waals surface area (Å²) in [5.74, 6) is -0.0343. The summed E-state index contributed by atoms with van der Waals surface area (Å²) in [7, 11) is -1.83. The molecule has 62 valence electrons. The van der Waals surface area contributed by atoms with Gasteiger partial charge in [0.25, 0.3) is 0 Å². The maximum absolute atomic E-state index is 10.9. The molecule has 0 spiro atoms. The van der Waals surface area contributed by atoms with Crippen molar-refractivity contribution in [2.24, 2.45) is 7.05 Å². The number of nitrogens with two attached hydrogens (primary N) is 1. The van der Waals surface area contributed by atoms with E-state index >= 15 is 0 Å². The van der Waals surface area contributed by atoms with Gasteiger partial charge in [0, 0.05) is 13.3 Å². The minimum absolute atomic E-state index is 0.0343. The topological polar surface area (TPSA) is 90.9 Å². The van der Waals surface area contributed by atoms with Gasteiger partial charge in [0.15, 0.2) is 0 Å². The van der Waals surface area contributed by atoms with Gasteiger partial charge < -0.3 is 5.73 Å². The number of hydrogen-bond donors (Lipinski definition) is 1. The van der Waals surface area contributed by atoms with Gasteiger partial charge in [-0.2, -0.15) is 4.98 Å². The van der Waals surface area contributed by atoms with Crippen LogP contribution in [0.3, 0.4) is 0 Å². The van der Waals surface area contributed by atoms with Gasteiger partial charge in [-0.15, -0.1) is 5.10 Å². The van der Waals surface area contributed by atoms with Crippen molar-refractivity contribution in [1.29, 1.82) is 0 Å². The average molecular weight is 176 g/mol. The first-order valence-corrected chi connectivity index (χ1v) is 4.67. The van der Waals surface area contributed by atoms with E-state index in [1.165, 1.54) is 7.05 Å². The fourth-order valence-electron chi connectivity index (χ4n) is 0.712. The lowest BCUT2D eigenvalue weighted by Gasteiger charge is -1.92. The number of nitrogens with zero attached hydrogens (tertiary/aromatic N) is 3. The Morgan fingerprint density at radius 3 is 2.27 bits per heavy atom. The molecular formula is C4H8N4O2S. The third-order valence-electron chi connectivity index (χ3n) is 1.07. The largest absolute Gasteiger partial charge is 0.366 e. The first kappa shape index (κ1) is 7.99. The molecule has 2 N–H and O–H groups in total. The summed E-state index contributed by atoms with van der Waals surface area (Å²) >= 11 is 0. The predicted molar refractivity (Wildman–Crippen MR) is 38.5 cm³/mol. The Morgan fingerprint density at radius 1 is 1.55 bits per heavy atom. The second kappa shape index (κ2) is 2.19. The molecule has 0 aliphatic carbocycles. The van der Waals surface area contributed by atoms with E-state index in [0.717, 1.165) is 10.9 Å². The minimum atomic E-state index is -3.30. The monoisotopic (exact) mass is 176 g/mol. The lowest BCUT2D eigenvalue weighted by molar-refractivity contribution is 0.575. The highest BCUT2D eigenvalue weighted by molar-refractivity contribution is 7.90. The molecule has 1 aromatic heterocycles. The number of sulfone groups is 1. The van der Waals surface area contributed by atoms with E-state index in [2.05, 4.69) is 10.1 Å². The third kappa shape index (κ3) is 1.48. The Morgan fingerprint density at radius 2 is 2.09 bits per heavy atom. The molecular weight excluding hydrogens is 168 g/mol. The SMILES string of the molecule is Cn1nc(N)nc1S(C)(=O)=O. The van der Waals surface area contributed by atoms with Crippen LogP contribution in [-0.4, -0.2) is 29.4 Å². The highest BCUT2D eigenvalue weighted by Crippen LogP contribution is 2.04. The normalized spacial score (nSPS) is 11.8. The van der Waals surface area contributed by atoms with Crippen molar-refractivity contribution in [2.75, 3.05) is 12.0 Å². The smallest absolute Gasteiger partial charge is 0.246 e. The van der Waals surface area contributed by atoms with E-state index in [0.29, 0.717) is 0 Å². The molecule has 0 amide bonds. The highest BCUT2D eigenvalue weighted by atomic mass is 32.2. The van der Waals surface area contributed by atoms with E-state index in [1.54, 1.807) is 0 Å². The predicted octanol–water partition coefficient (Wildman–Crippen LogP) is -1.20. The van der Waals surface area contributed by atoms with E-state index < -0.39 is 9.84 Å². The number of aryl methyl sites for hydroxylation is 1. The lowest BCUT2D eigenvalue weighted by atomic mass is 11.1. The second-order valence-corrected chi connectivity index (χ2v) is 4.06. The molecule has 6 nitrogen and oxygen atoms in total. The maximum atomic E-state index is 10.9. The molecule has 0 aliphatic rings. The van der Waals surface area contributed by atoms with E-state index in [1.807, 2.05) is 0 Å². The second-order valence-electron chi connectivity index (χ2n) is 2.15. The van der Waals surface area contributed by atoms with Crippen LogP contribution in [0.2, 0.25) is 0 Å². The summed E-state index contributed by atoms with van der Waals surface area (Å²) in [5.41, 5.74) is 5.17. The summed E-state index contributed by atoms with van der Waals surface area (Å²) < 4.78 is 22.9. The Hall–Kier alpha value is -1.11. The first-order valence-electron chi connectivity index (χ1n) is 2.78. The van der Waals surface area contributed by atoms with Gasteiger partial charge in [0.05, 0.1) is 0 Å². The van der Waals surface area contributed by atoms with Gasteiger partial charge in [-0.05, 0) is 0 Å². The van der Waals surface area contributed by atoms with Crippen LogP contribution in [0.5, 0.6) is 0 Å². The van der Waals surface area contributed by atoms with Crippen molar-refractivity contribution in [3.8, 4) is 0 Å². The van der Waals surface area contributed by atoms with Crippen LogP contribution >= 0.6 is 0 Å². The lowest BCUT2D eigenvalue weighted by Crippen LogP contribution is -2.06. The Bertz CT molecular complexity index is 365. The number of hydrogen-bond acceptors (Lipinski definition) is 5. The number of anilines is 1. The van der Waals surface area contributed by atoms with Gasteiger partial charge in [-0.1, -0.05) is 0 Å². The first-order chi connectivity index (χ1) is 4.91. The molecule has 0 bridgehead atoms. The summed E-state index contributed by atoms with van der Waals surface area (Å²) in [6.45, 7) is 0.